The monoisotopic (exact) mass is 330 g/mol. The largest absolute Gasteiger partial charge is 0.254 e. The summed E-state index contributed by atoms with van der Waals surface area (Å²) < 4.78 is 26.8. The second-order valence-corrected chi connectivity index (χ2v) is 7.94. The molecule has 0 fully saturated rings. The molecule has 0 radical (unpaired) electrons. The molecule has 0 unspecified atom stereocenters. The number of sulfonamides is 1. The summed E-state index contributed by atoms with van der Waals surface area (Å²) in [6, 6.07) is 9.82. The number of hydrogen-bond acceptors (Lipinski definition) is 4. The molecule has 0 amide bonds. The van der Waals surface area contributed by atoms with E-state index in [-0.39, 0.29) is 8.68 Å². The van der Waals surface area contributed by atoms with Crippen molar-refractivity contribution < 1.29 is 8.42 Å². The lowest BCUT2D eigenvalue weighted by Crippen LogP contribution is -2.32. The van der Waals surface area contributed by atoms with Gasteiger partial charge in [0.05, 0.1) is 6.20 Å². The minimum absolute atomic E-state index is 0.192. The fourth-order valence-corrected chi connectivity index (χ4v) is 4.73. The number of nitrogens with zero attached hydrogens (tertiary/aromatic N) is 2. The van der Waals surface area contributed by atoms with E-state index in [9.17, 15) is 8.42 Å². The summed E-state index contributed by atoms with van der Waals surface area (Å²) in [7, 11) is -3.50. The van der Waals surface area contributed by atoms with Crippen LogP contribution in [-0.4, -0.2) is 30.8 Å². The van der Waals surface area contributed by atoms with Crippen molar-refractivity contribution in [2.24, 2.45) is 0 Å². The van der Waals surface area contributed by atoms with Crippen LogP contribution in [0.25, 0.3) is 0 Å². The molecular formula is C13H15ClN2O2S2. The quantitative estimate of drug-likeness (QED) is 0.818. The van der Waals surface area contributed by atoms with Crippen molar-refractivity contribution in [3.05, 3.63) is 46.6 Å². The van der Waals surface area contributed by atoms with Crippen LogP contribution in [0.3, 0.4) is 0 Å². The van der Waals surface area contributed by atoms with E-state index in [1.165, 1.54) is 10.5 Å². The van der Waals surface area contributed by atoms with E-state index >= 15 is 0 Å². The van der Waals surface area contributed by atoms with Crippen molar-refractivity contribution in [1.82, 2.24) is 9.29 Å². The summed E-state index contributed by atoms with van der Waals surface area (Å²) >= 11 is 6.70. The van der Waals surface area contributed by atoms with Crippen LogP contribution in [0, 0.1) is 0 Å². The summed E-state index contributed by atoms with van der Waals surface area (Å²) in [4.78, 5) is 3.80. The van der Waals surface area contributed by atoms with Gasteiger partial charge in [0.1, 0.15) is 0 Å². The van der Waals surface area contributed by atoms with E-state index in [2.05, 4.69) is 4.98 Å². The number of rotatable bonds is 6. The third-order valence-corrected chi connectivity index (χ3v) is 6.42. The number of hydrogen-bond donors (Lipinski definition) is 0. The smallest absolute Gasteiger partial charge is 0.232 e. The zero-order chi connectivity index (χ0) is 14.6. The van der Waals surface area contributed by atoms with Crippen LogP contribution < -0.4 is 0 Å². The Bertz CT molecular complexity index is 656. The molecule has 2 rings (SSSR count). The van der Waals surface area contributed by atoms with Gasteiger partial charge in [-0.2, -0.15) is 4.31 Å². The van der Waals surface area contributed by atoms with Gasteiger partial charge in [-0.1, -0.05) is 60.2 Å². The Hall–Kier alpha value is -0.950. The lowest BCUT2D eigenvalue weighted by atomic mass is 10.1. The molecule has 0 saturated heterocycles. The van der Waals surface area contributed by atoms with Gasteiger partial charge in [0.25, 0.3) is 10.0 Å². The number of thiazole rings is 1. The molecule has 1 heterocycles. The molecule has 0 N–H and O–H groups in total. The van der Waals surface area contributed by atoms with Gasteiger partial charge in [-0.3, -0.25) is 0 Å². The van der Waals surface area contributed by atoms with Crippen molar-refractivity contribution >= 4 is 33.0 Å². The van der Waals surface area contributed by atoms with Gasteiger partial charge < -0.3 is 0 Å². The minimum Gasteiger partial charge on any atom is -0.232 e. The number of aromatic nitrogens is 1. The van der Waals surface area contributed by atoms with Crippen molar-refractivity contribution in [3.63, 3.8) is 0 Å². The molecule has 0 aliphatic heterocycles. The standard InChI is InChI=1S/C13H15ClN2O2S2/c1-2-16(9-8-11-6-4-3-5-7-11)20(17,18)12-10-15-13(14)19-12/h3-7,10H,2,8-9H2,1H3. The van der Waals surface area contributed by atoms with Gasteiger partial charge in [-0.15, -0.1) is 0 Å². The minimum atomic E-state index is -3.50. The lowest BCUT2D eigenvalue weighted by Gasteiger charge is -2.19. The summed E-state index contributed by atoms with van der Waals surface area (Å²) in [5.74, 6) is 0. The molecule has 0 bridgehead atoms. The van der Waals surface area contributed by atoms with Gasteiger partial charge >= 0.3 is 0 Å². The van der Waals surface area contributed by atoms with Gasteiger partial charge in [-0.05, 0) is 12.0 Å². The van der Waals surface area contributed by atoms with Gasteiger partial charge in [0.2, 0.25) is 0 Å². The Kier molecular flexibility index (Phi) is 5.15. The maximum atomic E-state index is 12.4. The number of likely N-dealkylation sites (N-methyl/N-ethyl adjacent to an activating group) is 1. The predicted molar refractivity (Wildman–Crippen MR) is 81.7 cm³/mol. The fraction of sp³-hybridized carbons (Fsp3) is 0.308. The number of halogens is 1. The maximum Gasteiger partial charge on any atom is 0.254 e. The third-order valence-electron chi connectivity index (χ3n) is 2.90. The van der Waals surface area contributed by atoms with Crippen LogP contribution in [0.1, 0.15) is 12.5 Å². The Labute approximate surface area is 128 Å². The first kappa shape index (κ1) is 15.4. The number of benzene rings is 1. The highest BCUT2D eigenvalue weighted by Crippen LogP contribution is 2.25. The van der Waals surface area contributed by atoms with E-state index < -0.39 is 10.0 Å². The van der Waals surface area contributed by atoms with Crippen molar-refractivity contribution in [1.29, 1.82) is 0 Å². The van der Waals surface area contributed by atoms with E-state index in [0.29, 0.717) is 19.5 Å². The summed E-state index contributed by atoms with van der Waals surface area (Å²) in [5, 5.41) is 0. The van der Waals surface area contributed by atoms with E-state index in [0.717, 1.165) is 16.9 Å². The average molecular weight is 331 g/mol. The van der Waals surface area contributed by atoms with E-state index in [1.807, 2.05) is 37.3 Å². The van der Waals surface area contributed by atoms with Crippen molar-refractivity contribution in [3.8, 4) is 0 Å². The molecule has 108 valence electrons. The SMILES string of the molecule is CCN(CCc1ccccc1)S(=O)(=O)c1cnc(Cl)s1. The molecular weight excluding hydrogens is 316 g/mol. The predicted octanol–water partition coefficient (Wildman–Crippen LogP) is 3.05. The van der Waals surface area contributed by atoms with Crippen LogP contribution in [0.2, 0.25) is 4.47 Å². The molecule has 0 saturated carbocycles. The van der Waals surface area contributed by atoms with Crippen LogP contribution in [0.15, 0.2) is 40.7 Å². The van der Waals surface area contributed by atoms with E-state index in [1.54, 1.807) is 0 Å². The normalized spacial score (nSPS) is 11.9. The first-order valence-corrected chi connectivity index (χ1v) is 8.83. The van der Waals surface area contributed by atoms with Gasteiger partial charge in [0, 0.05) is 13.1 Å². The second-order valence-electron chi connectivity index (χ2n) is 4.16. The fourth-order valence-electron chi connectivity index (χ4n) is 1.83. The Balaban J connectivity index is 2.12. The van der Waals surface area contributed by atoms with E-state index in [4.69, 9.17) is 11.6 Å². The topological polar surface area (TPSA) is 50.3 Å². The highest BCUT2D eigenvalue weighted by molar-refractivity contribution is 7.91. The molecule has 0 atom stereocenters. The summed E-state index contributed by atoms with van der Waals surface area (Å²) in [5.41, 5.74) is 1.11. The van der Waals surface area contributed by atoms with Gasteiger partial charge in [-0.25, -0.2) is 13.4 Å². The van der Waals surface area contributed by atoms with Crippen LogP contribution in [-0.2, 0) is 16.4 Å². The molecule has 1 aromatic heterocycles. The highest BCUT2D eigenvalue weighted by atomic mass is 35.5. The Morgan fingerprint density at radius 3 is 2.55 bits per heavy atom. The second kappa shape index (κ2) is 6.67. The van der Waals surface area contributed by atoms with Gasteiger partial charge in [0.15, 0.2) is 8.68 Å². The molecule has 2 aromatic rings. The zero-order valence-corrected chi connectivity index (χ0v) is 13.4. The lowest BCUT2D eigenvalue weighted by molar-refractivity contribution is 0.432. The first-order chi connectivity index (χ1) is 9.54. The zero-order valence-electron chi connectivity index (χ0n) is 11.0. The third kappa shape index (κ3) is 3.58. The molecule has 7 heteroatoms. The summed E-state index contributed by atoms with van der Waals surface area (Å²) in [6.45, 7) is 2.69. The van der Waals surface area contributed by atoms with Crippen molar-refractivity contribution in [2.45, 2.75) is 17.6 Å². The molecule has 0 aliphatic carbocycles. The molecule has 4 nitrogen and oxygen atoms in total. The van der Waals surface area contributed by atoms with Crippen molar-refractivity contribution in [2.75, 3.05) is 13.1 Å². The Morgan fingerprint density at radius 2 is 2.00 bits per heavy atom. The average Bonchev–Trinajstić information content (AvgIpc) is 2.88. The molecule has 0 aliphatic rings. The molecule has 20 heavy (non-hydrogen) atoms. The highest BCUT2D eigenvalue weighted by Gasteiger charge is 2.25. The Morgan fingerprint density at radius 1 is 1.30 bits per heavy atom. The van der Waals surface area contributed by atoms with Crippen LogP contribution >= 0.6 is 22.9 Å². The van der Waals surface area contributed by atoms with Crippen LogP contribution in [0.4, 0.5) is 0 Å². The summed E-state index contributed by atoms with van der Waals surface area (Å²) in [6.07, 6.45) is 1.99. The maximum absolute atomic E-state index is 12.4. The molecule has 1 aromatic carbocycles. The van der Waals surface area contributed by atoms with Crippen LogP contribution in [0.5, 0.6) is 0 Å². The first-order valence-electron chi connectivity index (χ1n) is 6.19. The molecule has 0 spiro atoms.